The third-order valence-corrected chi connectivity index (χ3v) is 8.07. The molecule has 14 heteroatoms. The van der Waals surface area contributed by atoms with Gasteiger partial charge in [0.15, 0.2) is 11.5 Å². The van der Waals surface area contributed by atoms with E-state index in [9.17, 15) is 14.4 Å². The molecule has 2 aliphatic rings. The van der Waals surface area contributed by atoms with Gasteiger partial charge in [0.1, 0.15) is 18.0 Å². The molecule has 0 bridgehead atoms. The first-order chi connectivity index (χ1) is 20.4. The van der Waals surface area contributed by atoms with Crippen molar-refractivity contribution in [2.75, 3.05) is 58.1 Å². The Hall–Kier alpha value is -3.46. The molecule has 0 radical (unpaired) electrons. The third-order valence-electron chi connectivity index (χ3n) is 7.32. The van der Waals surface area contributed by atoms with E-state index >= 15 is 0 Å². The molecule has 5 heterocycles. The van der Waals surface area contributed by atoms with Crippen LogP contribution in [0.25, 0.3) is 16.2 Å². The van der Waals surface area contributed by atoms with E-state index in [1.165, 1.54) is 6.20 Å². The van der Waals surface area contributed by atoms with Crippen LogP contribution in [0.2, 0.25) is 0 Å². The van der Waals surface area contributed by atoms with Crippen LogP contribution in [0.1, 0.15) is 47.9 Å². The first-order valence-corrected chi connectivity index (χ1v) is 14.9. The predicted octanol–water partition coefficient (Wildman–Crippen LogP) is 2.01. The second-order valence-corrected chi connectivity index (χ2v) is 11.1. The number of fused-ring (bicyclic) bond motifs is 1. The number of nitrogens with one attached hydrogen (secondary N) is 1. The molecule has 1 atom stereocenters. The Balaban J connectivity index is 1.40. The van der Waals surface area contributed by atoms with Crippen LogP contribution in [0, 0.1) is 12.8 Å². The Morgan fingerprint density at radius 3 is 2.79 bits per heavy atom. The number of aromatic nitrogens is 4. The maximum atomic E-state index is 13.5. The molecule has 5 rings (SSSR count). The number of pyridine rings is 2. The number of hydrogen-bond acceptors (Lipinski definition) is 12. The lowest BCUT2D eigenvalue weighted by Crippen LogP contribution is -2.55. The van der Waals surface area contributed by atoms with Gasteiger partial charge in [0.05, 0.1) is 37.2 Å². The molecule has 2 fully saturated rings. The first kappa shape index (κ1) is 30.0. The summed E-state index contributed by atoms with van der Waals surface area (Å²) < 4.78 is 27.4. The van der Waals surface area contributed by atoms with E-state index in [0.29, 0.717) is 66.2 Å². The minimum atomic E-state index is -0.718. The van der Waals surface area contributed by atoms with E-state index in [1.807, 2.05) is 11.0 Å². The van der Waals surface area contributed by atoms with Gasteiger partial charge in [0, 0.05) is 51.1 Å². The summed E-state index contributed by atoms with van der Waals surface area (Å²) in [6.45, 7) is 6.92. The summed E-state index contributed by atoms with van der Waals surface area (Å²) in [5, 5.41) is 3.74. The van der Waals surface area contributed by atoms with E-state index in [4.69, 9.17) is 23.9 Å². The van der Waals surface area contributed by atoms with Crippen LogP contribution in [-0.4, -0.2) is 90.1 Å². The lowest BCUT2D eigenvalue weighted by Gasteiger charge is -2.39. The van der Waals surface area contributed by atoms with Gasteiger partial charge in [-0.15, -0.1) is 0 Å². The van der Waals surface area contributed by atoms with Crippen molar-refractivity contribution in [1.29, 1.82) is 0 Å². The fourth-order valence-corrected chi connectivity index (χ4v) is 5.66. The van der Waals surface area contributed by atoms with Gasteiger partial charge in [0.25, 0.3) is 0 Å². The van der Waals surface area contributed by atoms with Gasteiger partial charge in [-0.2, -0.15) is 4.37 Å². The number of esters is 1. The number of nitrogens with zero attached hydrogens (tertiary/aromatic N) is 5. The molecule has 0 spiro atoms. The predicted molar refractivity (Wildman–Crippen MR) is 155 cm³/mol. The van der Waals surface area contributed by atoms with Crippen molar-refractivity contribution in [2.24, 2.45) is 5.92 Å². The van der Waals surface area contributed by atoms with Crippen LogP contribution >= 0.6 is 11.5 Å². The number of aryl methyl sites for hydroxylation is 1. The van der Waals surface area contributed by atoms with Crippen molar-refractivity contribution in [2.45, 2.75) is 45.8 Å². The highest BCUT2D eigenvalue weighted by Crippen LogP contribution is 2.28. The summed E-state index contributed by atoms with van der Waals surface area (Å²) in [6, 6.07) is 1.81. The van der Waals surface area contributed by atoms with E-state index in [0.717, 1.165) is 37.4 Å². The molecule has 0 aromatic carbocycles. The highest BCUT2D eigenvalue weighted by atomic mass is 32.1. The van der Waals surface area contributed by atoms with Crippen molar-refractivity contribution in [3.05, 3.63) is 39.4 Å². The number of amides is 1. The average Bonchev–Trinajstić information content (AvgIpc) is 3.43. The minimum absolute atomic E-state index is 0.00280. The molecule has 2 saturated heterocycles. The fourth-order valence-electron chi connectivity index (χ4n) is 5.00. The molecule has 1 N–H and O–H groups in total. The van der Waals surface area contributed by atoms with Crippen LogP contribution in [-0.2, 0) is 30.3 Å². The van der Waals surface area contributed by atoms with Crippen molar-refractivity contribution in [3.63, 3.8) is 0 Å². The number of ether oxygens (including phenoxy) is 4. The Kier molecular flexibility index (Phi) is 9.77. The van der Waals surface area contributed by atoms with Gasteiger partial charge in [-0.3, -0.25) is 14.2 Å². The SMILES string of the molecule is CCOC(=O)c1cn(-c2nc(COCCOC)ns2)c2nc(N3CC(C(=O)NCC4CCCCO4)C3)cc(C)c2c1=O. The Labute approximate surface area is 247 Å². The zero-order chi connectivity index (χ0) is 29.6. The minimum Gasteiger partial charge on any atom is -0.462 e. The van der Waals surface area contributed by atoms with E-state index in [-0.39, 0.29) is 36.7 Å². The van der Waals surface area contributed by atoms with E-state index in [1.54, 1.807) is 25.5 Å². The molecular weight excluding hydrogens is 564 g/mol. The monoisotopic (exact) mass is 600 g/mol. The fraction of sp³-hybridized carbons (Fsp3) is 0.571. The summed E-state index contributed by atoms with van der Waals surface area (Å²) >= 11 is 1.10. The number of rotatable bonds is 12. The summed E-state index contributed by atoms with van der Waals surface area (Å²) in [5.74, 6) is 0.208. The largest absolute Gasteiger partial charge is 0.462 e. The lowest BCUT2D eigenvalue weighted by atomic mass is 9.98. The topological polar surface area (TPSA) is 147 Å². The Bertz CT molecular complexity index is 1480. The van der Waals surface area contributed by atoms with Gasteiger partial charge >= 0.3 is 5.97 Å². The van der Waals surface area contributed by atoms with E-state index in [2.05, 4.69) is 14.7 Å². The van der Waals surface area contributed by atoms with Crippen molar-refractivity contribution >= 4 is 40.3 Å². The number of methoxy groups -OCH3 is 1. The van der Waals surface area contributed by atoms with Gasteiger partial charge in [-0.1, -0.05) is 0 Å². The molecule has 1 amide bonds. The quantitative estimate of drug-likeness (QED) is 0.241. The molecule has 3 aromatic heterocycles. The summed E-state index contributed by atoms with van der Waals surface area (Å²) in [4.78, 5) is 50.3. The second-order valence-electron chi connectivity index (χ2n) is 10.3. The molecule has 0 aliphatic carbocycles. The molecular formula is C28H36N6O7S. The van der Waals surface area contributed by atoms with Crippen LogP contribution < -0.4 is 15.6 Å². The van der Waals surface area contributed by atoms with Crippen LogP contribution in [0.4, 0.5) is 5.82 Å². The number of hydrogen-bond donors (Lipinski definition) is 1. The third kappa shape index (κ3) is 6.61. The molecule has 0 saturated carbocycles. The highest BCUT2D eigenvalue weighted by molar-refractivity contribution is 7.08. The molecule has 13 nitrogen and oxygen atoms in total. The Morgan fingerprint density at radius 1 is 1.21 bits per heavy atom. The first-order valence-electron chi connectivity index (χ1n) is 14.2. The second kappa shape index (κ2) is 13.7. The highest BCUT2D eigenvalue weighted by Gasteiger charge is 2.34. The maximum Gasteiger partial charge on any atom is 0.343 e. The normalized spacial score (nSPS) is 17.3. The molecule has 1 unspecified atom stereocenters. The number of anilines is 1. The van der Waals surface area contributed by atoms with Gasteiger partial charge in [-0.25, -0.2) is 14.8 Å². The lowest BCUT2D eigenvalue weighted by molar-refractivity contribution is -0.126. The zero-order valence-electron chi connectivity index (χ0n) is 24.1. The smallest absolute Gasteiger partial charge is 0.343 e. The molecule has 3 aromatic rings. The number of carbonyl (C=O) groups excluding carboxylic acids is 2. The number of carbonyl (C=O) groups is 2. The zero-order valence-corrected chi connectivity index (χ0v) is 24.9. The van der Waals surface area contributed by atoms with E-state index < -0.39 is 11.4 Å². The molecule has 42 heavy (non-hydrogen) atoms. The molecule has 226 valence electrons. The van der Waals surface area contributed by atoms with Crippen LogP contribution in [0.5, 0.6) is 0 Å². The maximum absolute atomic E-state index is 13.5. The van der Waals surface area contributed by atoms with Crippen molar-refractivity contribution in [1.82, 2.24) is 24.2 Å². The van der Waals surface area contributed by atoms with Gasteiger partial charge in [0.2, 0.25) is 16.5 Å². The summed E-state index contributed by atoms with van der Waals surface area (Å²) in [7, 11) is 1.59. The Morgan fingerprint density at radius 2 is 2.05 bits per heavy atom. The molecule has 2 aliphatic heterocycles. The van der Waals surface area contributed by atoms with Crippen molar-refractivity contribution < 1.29 is 28.5 Å². The van der Waals surface area contributed by atoms with Gasteiger partial charge < -0.3 is 29.2 Å². The van der Waals surface area contributed by atoms with Gasteiger partial charge in [-0.05, 0) is 44.7 Å². The summed E-state index contributed by atoms with van der Waals surface area (Å²) in [6.07, 6.45) is 4.65. The average molecular weight is 601 g/mol. The van der Waals surface area contributed by atoms with Crippen molar-refractivity contribution in [3.8, 4) is 5.13 Å². The standard InChI is InChI=1S/C28H36N6O7S/c1-4-40-27(37)20-15-34(28-30-21(32-42-28)16-39-10-9-38-3)25-23(24(20)35)17(2)11-22(31-25)33-13-18(14-33)26(36)29-12-19-7-5-6-8-41-19/h11,15,18-19H,4-10,12-14,16H2,1-3H3,(H,29,36). The van der Waals surface area contributed by atoms with Crippen LogP contribution in [0.15, 0.2) is 17.1 Å². The summed E-state index contributed by atoms with van der Waals surface area (Å²) in [5.41, 5.74) is 0.413. The van der Waals surface area contributed by atoms with Crippen LogP contribution in [0.3, 0.4) is 0 Å².